The Kier molecular flexibility index (Phi) is 3.98. The lowest BCUT2D eigenvalue weighted by Crippen LogP contribution is -2.33. The summed E-state index contributed by atoms with van der Waals surface area (Å²) < 4.78 is 0. The lowest BCUT2D eigenvalue weighted by molar-refractivity contribution is 0.249. The number of nitrogens with two attached hydrogens (primary N) is 2. The molecule has 6 nitrogen and oxygen atoms in total. The summed E-state index contributed by atoms with van der Waals surface area (Å²) in [6.45, 7) is 0.883. The zero-order valence-electron chi connectivity index (χ0n) is 8.66. The molecule has 0 aliphatic heterocycles. The second kappa shape index (κ2) is 5.46. The van der Waals surface area contributed by atoms with Crippen LogP contribution in [0.4, 0.5) is 16.2 Å². The molecule has 1 aromatic rings. The maximum absolute atomic E-state index is 10.4. The summed E-state index contributed by atoms with van der Waals surface area (Å²) in [6.07, 6.45) is 0. The fourth-order valence-electron chi connectivity index (χ4n) is 1.20. The van der Waals surface area contributed by atoms with E-state index in [1.807, 2.05) is 6.07 Å². The Hall–Kier alpha value is -2.42. The van der Waals surface area contributed by atoms with Crippen LogP contribution in [0.25, 0.3) is 0 Å². The molecule has 0 aliphatic carbocycles. The molecule has 0 aliphatic rings. The monoisotopic (exact) mass is 219 g/mol. The first-order valence-electron chi connectivity index (χ1n) is 4.71. The third kappa shape index (κ3) is 3.06. The van der Waals surface area contributed by atoms with Crippen molar-refractivity contribution in [2.24, 2.45) is 5.73 Å². The number of hydrogen-bond acceptors (Lipinski definition) is 4. The molecule has 0 heterocycles. The first-order valence-corrected chi connectivity index (χ1v) is 4.71. The minimum atomic E-state index is -0.569. The fraction of sp³-hybridized carbons (Fsp3) is 0.200. The van der Waals surface area contributed by atoms with Crippen LogP contribution in [-0.4, -0.2) is 19.1 Å². The number of carbonyl (C=O) groups excluding carboxylic acids is 1. The summed E-state index contributed by atoms with van der Waals surface area (Å²) in [7, 11) is 0. The van der Waals surface area contributed by atoms with Gasteiger partial charge in [0.15, 0.2) is 0 Å². The molecule has 16 heavy (non-hydrogen) atoms. The van der Waals surface area contributed by atoms with Gasteiger partial charge in [-0.25, -0.2) is 4.79 Å². The van der Waals surface area contributed by atoms with Gasteiger partial charge in [0.25, 0.3) is 0 Å². The largest absolute Gasteiger partial charge is 0.396 e. The van der Waals surface area contributed by atoms with E-state index < -0.39 is 6.03 Å². The third-order valence-electron chi connectivity index (χ3n) is 1.97. The van der Waals surface area contributed by atoms with E-state index in [1.165, 1.54) is 0 Å². The van der Waals surface area contributed by atoms with Crippen LogP contribution < -0.4 is 22.1 Å². The van der Waals surface area contributed by atoms with E-state index in [0.29, 0.717) is 30.0 Å². The zero-order valence-corrected chi connectivity index (χ0v) is 8.66. The number of urea groups is 1. The average Bonchev–Trinajstić information content (AvgIpc) is 2.26. The fourth-order valence-corrected chi connectivity index (χ4v) is 1.20. The minimum Gasteiger partial charge on any atom is -0.396 e. The number of nitrogens with one attached hydrogen (secondary N) is 2. The number of nitriles is 1. The van der Waals surface area contributed by atoms with Crippen LogP contribution in [0.15, 0.2) is 18.2 Å². The summed E-state index contributed by atoms with van der Waals surface area (Å²) >= 11 is 0. The molecule has 84 valence electrons. The number of para-hydroxylation sites is 1. The molecule has 2 amide bonds. The third-order valence-corrected chi connectivity index (χ3v) is 1.97. The highest BCUT2D eigenvalue weighted by atomic mass is 16.2. The van der Waals surface area contributed by atoms with Gasteiger partial charge in [0.05, 0.1) is 16.9 Å². The van der Waals surface area contributed by atoms with Gasteiger partial charge in [-0.2, -0.15) is 5.26 Å². The highest BCUT2D eigenvalue weighted by molar-refractivity contribution is 5.73. The lowest BCUT2D eigenvalue weighted by Gasteiger charge is -2.09. The van der Waals surface area contributed by atoms with Gasteiger partial charge < -0.3 is 22.1 Å². The van der Waals surface area contributed by atoms with E-state index in [0.717, 1.165) is 0 Å². The smallest absolute Gasteiger partial charge is 0.312 e. The van der Waals surface area contributed by atoms with Crippen LogP contribution >= 0.6 is 0 Å². The molecule has 0 saturated heterocycles. The van der Waals surface area contributed by atoms with Crippen molar-refractivity contribution in [2.75, 3.05) is 24.1 Å². The molecular formula is C10H13N5O. The molecule has 0 saturated carbocycles. The van der Waals surface area contributed by atoms with E-state index in [9.17, 15) is 4.79 Å². The standard InChI is InChI=1S/C10H13N5O/c11-6-7-2-1-3-8(9(7)12)14-4-5-15-10(13)16/h1-3,14H,4-5,12H2,(H3,13,15,16). The first kappa shape index (κ1) is 11.7. The molecule has 0 spiro atoms. The van der Waals surface area contributed by atoms with Crippen LogP contribution in [0.5, 0.6) is 0 Å². The topological polar surface area (TPSA) is 117 Å². The van der Waals surface area contributed by atoms with Crippen molar-refractivity contribution >= 4 is 17.4 Å². The number of carbonyl (C=O) groups is 1. The maximum Gasteiger partial charge on any atom is 0.312 e. The van der Waals surface area contributed by atoms with Gasteiger partial charge in [-0.3, -0.25) is 0 Å². The van der Waals surface area contributed by atoms with Crippen molar-refractivity contribution in [3.05, 3.63) is 23.8 Å². The quantitative estimate of drug-likeness (QED) is 0.428. The van der Waals surface area contributed by atoms with E-state index in [2.05, 4.69) is 10.6 Å². The predicted molar refractivity (Wildman–Crippen MR) is 61.6 cm³/mol. The van der Waals surface area contributed by atoms with Crippen molar-refractivity contribution in [3.8, 4) is 6.07 Å². The lowest BCUT2D eigenvalue weighted by atomic mass is 10.1. The average molecular weight is 219 g/mol. The number of nitrogen functional groups attached to an aromatic ring is 1. The highest BCUT2D eigenvalue weighted by Gasteiger charge is 2.03. The Morgan fingerprint density at radius 1 is 1.44 bits per heavy atom. The Morgan fingerprint density at radius 3 is 2.81 bits per heavy atom. The Bertz CT molecular complexity index is 424. The number of amides is 2. The van der Waals surface area contributed by atoms with E-state index >= 15 is 0 Å². The number of primary amides is 1. The van der Waals surface area contributed by atoms with E-state index in [-0.39, 0.29) is 0 Å². The molecule has 0 atom stereocenters. The molecule has 0 fully saturated rings. The van der Waals surface area contributed by atoms with Gasteiger partial charge in [0, 0.05) is 13.1 Å². The van der Waals surface area contributed by atoms with Gasteiger partial charge in [-0.05, 0) is 12.1 Å². The Balaban J connectivity index is 2.55. The van der Waals surface area contributed by atoms with Gasteiger partial charge >= 0.3 is 6.03 Å². The second-order valence-electron chi connectivity index (χ2n) is 3.10. The molecule has 0 unspecified atom stereocenters. The van der Waals surface area contributed by atoms with Crippen molar-refractivity contribution in [1.29, 1.82) is 5.26 Å². The number of rotatable bonds is 4. The van der Waals surface area contributed by atoms with Crippen LogP contribution in [0, 0.1) is 11.3 Å². The summed E-state index contributed by atoms with van der Waals surface area (Å²) in [5.74, 6) is 0. The van der Waals surface area contributed by atoms with Gasteiger partial charge in [0.1, 0.15) is 6.07 Å². The molecule has 6 N–H and O–H groups in total. The highest BCUT2D eigenvalue weighted by Crippen LogP contribution is 2.21. The van der Waals surface area contributed by atoms with Crippen LogP contribution in [0.2, 0.25) is 0 Å². The summed E-state index contributed by atoms with van der Waals surface area (Å²) in [6, 6.07) is 6.56. The van der Waals surface area contributed by atoms with Crippen molar-refractivity contribution < 1.29 is 4.79 Å². The number of hydrogen-bond donors (Lipinski definition) is 4. The maximum atomic E-state index is 10.4. The normalized spacial score (nSPS) is 9.19. The van der Waals surface area contributed by atoms with Crippen LogP contribution in [0.1, 0.15) is 5.56 Å². The van der Waals surface area contributed by atoms with Gasteiger partial charge in [-0.1, -0.05) is 6.07 Å². The molecule has 0 radical (unpaired) electrons. The van der Waals surface area contributed by atoms with Gasteiger partial charge in [0.2, 0.25) is 0 Å². The number of nitrogens with zero attached hydrogens (tertiary/aromatic N) is 1. The van der Waals surface area contributed by atoms with Crippen molar-refractivity contribution in [2.45, 2.75) is 0 Å². The van der Waals surface area contributed by atoms with E-state index in [4.69, 9.17) is 16.7 Å². The summed E-state index contributed by atoms with van der Waals surface area (Å²) in [5, 5.41) is 14.2. The number of benzene rings is 1. The molecule has 0 bridgehead atoms. The van der Waals surface area contributed by atoms with Crippen molar-refractivity contribution in [3.63, 3.8) is 0 Å². The Morgan fingerprint density at radius 2 is 2.19 bits per heavy atom. The van der Waals surface area contributed by atoms with Crippen LogP contribution in [-0.2, 0) is 0 Å². The molecular weight excluding hydrogens is 206 g/mol. The first-order chi connectivity index (χ1) is 7.65. The van der Waals surface area contributed by atoms with Crippen molar-refractivity contribution in [1.82, 2.24) is 5.32 Å². The van der Waals surface area contributed by atoms with E-state index in [1.54, 1.807) is 18.2 Å². The Labute approximate surface area is 93.2 Å². The molecule has 6 heteroatoms. The van der Waals surface area contributed by atoms with Gasteiger partial charge in [-0.15, -0.1) is 0 Å². The summed E-state index contributed by atoms with van der Waals surface area (Å²) in [5.41, 5.74) is 12.1. The molecule has 1 rings (SSSR count). The van der Waals surface area contributed by atoms with Crippen LogP contribution in [0.3, 0.4) is 0 Å². The number of anilines is 2. The molecule has 0 aromatic heterocycles. The second-order valence-corrected chi connectivity index (χ2v) is 3.10. The summed E-state index contributed by atoms with van der Waals surface area (Å²) in [4.78, 5) is 10.4. The molecule has 1 aromatic carbocycles. The predicted octanol–water partition coefficient (Wildman–Crippen LogP) is 0.221. The minimum absolute atomic E-state index is 0.394. The SMILES string of the molecule is N#Cc1cccc(NCCNC(N)=O)c1N. The zero-order chi connectivity index (χ0) is 12.0.